The third-order valence-corrected chi connectivity index (χ3v) is 7.48. The first-order chi connectivity index (χ1) is 16.2. The third-order valence-electron chi connectivity index (χ3n) is 6.50. The summed E-state index contributed by atoms with van der Waals surface area (Å²) >= 11 is 1.59. The second-order valence-electron chi connectivity index (χ2n) is 8.99. The lowest BCUT2D eigenvalue weighted by molar-refractivity contribution is -0.125. The van der Waals surface area contributed by atoms with E-state index in [1.54, 1.807) is 11.3 Å². The van der Waals surface area contributed by atoms with Crippen LogP contribution in [0.2, 0.25) is 0 Å². The Balaban J connectivity index is 1.15. The maximum Gasteiger partial charge on any atom is 0.224 e. The minimum atomic E-state index is 0.0153. The number of carbonyl (C=O) groups is 1. The zero-order valence-corrected chi connectivity index (χ0v) is 20.0. The zero-order valence-electron chi connectivity index (χ0n) is 19.2. The summed E-state index contributed by atoms with van der Waals surface area (Å²) < 4.78 is 7.25. The molecule has 2 aliphatic rings. The summed E-state index contributed by atoms with van der Waals surface area (Å²) in [5.74, 6) is 0.186. The largest absolute Gasteiger partial charge is 0.379 e. The third kappa shape index (κ3) is 5.37. The Morgan fingerprint density at radius 3 is 2.82 bits per heavy atom. The van der Waals surface area contributed by atoms with E-state index >= 15 is 0 Å². The molecule has 0 bridgehead atoms. The second-order valence-corrected chi connectivity index (χ2v) is 9.92. The SMILES string of the molecule is Cc1ccc(-c2cn3nc(N4CCC[C@H](C(=O)NCCCN5CCOCC5)C4)sc3n2)cc1. The molecule has 4 heterocycles. The molecule has 2 saturated heterocycles. The number of hydrogen-bond acceptors (Lipinski definition) is 7. The summed E-state index contributed by atoms with van der Waals surface area (Å²) in [5, 5.41) is 8.87. The number of nitrogens with zero attached hydrogens (tertiary/aromatic N) is 5. The van der Waals surface area contributed by atoms with Gasteiger partial charge in [-0.25, -0.2) is 9.50 Å². The van der Waals surface area contributed by atoms with E-state index in [1.165, 1.54) is 5.56 Å². The maximum absolute atomic E-state index is 12.8. The number of benzene rings is 1. The van der Waals surface area contributed by atoms with Crippen LogP contribution in [0.3, 0.4) is 0 Å². The van der Waals surface area contributed by atoms with E-state index in [1.807, 2.05) is 10.7 Å². The molecular weight excluding hydrogens is 436 g/mol. The molecule has 5 rings (SSSR count). The van der Waals surface area contributed by atoms with Crippen LogP contribution in [-0.4, -0.2) is 77.9 Å². The fraction of sp³-hybridized carbons (Fsp3) is 0.542. The Bertz CT molecular complexity index is 1040. The van der Waals surface area contributed by atoms with Crippen LogP contribution >= 0.6 is 11.3 Å². The summed E-state index contributed by atoms with van der Waals surface area (Å²) in [6.07, 6.45) is 4.91. The van der Waals surface area contributed by atoms with E-state index in [9.17, 15) is 4.79 Å². The Hall–Kier alpha value is -2.49. The Labute approximate surface area is 198 Å². The van der Waals surface area contributed by atoms with E-state index < -0.39 is 0 Å². The number of nitrogens with one attached hydrogen (secondary N) is 1. The van der Waals surface area contributed by atoms with Crippen molar-refractivity contribution in [1.29, 1.82) is 0 Å². The van der Waals surface area contributed by atoms with Gasteiger partial charge >= 0.3 is 0 Å². The molecule has 0 saturated carbocycles. The lowest BCUT2D eigenvalue weighted by Crippen LogP contribution is -2.44. The van der Waals surface area contributed by atoms with Gasteiger partial charge in [0.1, 0.15) is 0 Å². The van der Waals surface area contributed by atoms with Crippen molar-refractivity contribution >= 4 is 27.3 Å². The predicted octanol–water partition coefficient (Wildman–Crippen LogP) is 2.82. The molecule has 1 amide bonds. The van der Waals surface area contributed by atoms with E-state index in [2.05, 4.69) is 46.3 Å². The minimum Gasteiger partial charge on any atom is -0.379 e. The van der Waals surface area contributed by atoms with Crippen molar-refractivity contribution in [3.63, 3.8) is 0 Å². The van der Waals surface area contributed by atoms with Gasteiger partial charge in [-0.05, 0) is 32.7 Å². The van der Waals surface area contributed by atoms with Crippen LogP contribution in [0, 0.1) is 12.8 Å². The highest BCUT2D eigenvalue weighted by molar-refractivity contribution is 7.20. The number of imidazole rings is 1. The smallest absolute Gasteiger partial charge is 0.224 e. The fourth-order valence-corrected chi connectivity index (χ4v) is 5.45. The molecule has 33 heavy (non-hydrogen) atoms. The molecule has 176 valence electrons. The topological polar surface area (TPSA) is 75.0 Å². The van der Waals surface area contributed by atoms with Crippen LogP contribution in [0.5, 0.6) is 0 Å². The van der Waals surface area contributed by atoms with Gasteiger partial charge in [0.15, 0.2) is 0 Å². The number of hydrogen-bond donors (Lipinski definition) is 1. The van der Waals surface area contributed by atoms with Gasteiger partial charge in [0.05, 0.1) is 31.0 Å². The molecule has 0 radical (unpaired) electrons. The van der Waals surface area contributed by atoms with Crippen LogP contribution < -0.4 is 10.2 Å². The van der Waals surface area contributed by atoms with Crippen LogP contribution in [0.1, 0.15) is 24.8 Å². The maximum atomic E-state index is 12.8. The first kappa shape index (κ1) is 22.3. The number of ether oxygens (including phenoxy) is 1. The molecule has 0 unspecified atom stereocenters. The Morgan fingerprint density at radius 2 is 2.03 bits per heavy atom. The van der Waals surface area contributed by atoms with Gasteiger partial charge in [-0.1, -0.05) is 41.2 Å². The van der Waals surface area contributed by atoms with E-state index in [0.29, 0.717) is 0 Å². The number of aromatic nitrogens is 3. The second kappa shape index (κ2) is 10.2. The molecule has 1 N–H and O–H groups in total. The number of amides is 1. The van der Waals surface area contributed by atoms with Crippen molar-refractivity contribution in [2.24, 2.45) is 5.92 Å². The van der Waals surface area contributed by atoms with Crippen molar-refractivity contribution in [3.05, 3.63) is 36.0 Å². The average Bonchev–Trinajstić information content (AvgIpc) is 3.43. The van der Waals surface area contributed by atoms with Gasteiger partial charge in [-0.3, -0.25) is 9.69 Å². The molecule has 1 aromatic carbocycles. The van der Waals surface area contributed by atoms with Gasteiger partial charge < -0.3 is 15.0 Å². The molecule has 0 aliphatic carbocycles. The minimum absolute atomic E-state index is 0.0153. The fourth-order valence-electron chi connectivity index (χ4n) is 4.53. The summed E-state index contributed by atoms with van der Waals surface area (Å²) in [5.41, 5.74) is 3.28. The number of piperidine rings is 1. The average molecular weight is 469 g/mol. The highest BCUT2D eigenvalue weighted by atomic mass is 32.1. The van der Waals surface area contributed by atoms with E-state index in [-0.39, 0.29) is 11.8 Å². The number of aryl methyl sites for hydroxylation is 1. The normalized spacial score (nSPS) is 19.8. The first-order valence-corrected chi connectivity index (χ1v) is 12.7. The molecule has 1 atom stereocenters. The zero-order chi connectivity index (χ0) is 22.6. The standard InChI is InChI=1S/C24H32N6O2S/c1-18-5-7-19(8-6-18)21-17-30-23(26-21)33-24(27-30)29-11-2-4-20(16-29)22(31)25-9-3-10-28-12-14-32-15-13-28/h5-8,17,20H,2-4,9-16H2,1H3,(H,25,31)/t20-/m0/s1. The van der Waals surface area contributed by atoms with Gasteiger partial charge in [-0.2, -0.15) is 0 Å². The number of morpholine rings is 1. The number of carbonyl (C=O) groups excluding carboxylic acids is 1. The van der Waals surface area contributed by atoms with Crippen molar-refractivity contribution in [1.82, 2.24) is 24.8 Å². The molecule has 9 heteroatoms. The summed E-state index contributed by atoms with van der Waals surface area (Å²) in [4.78, 5) is 23.1. The molecular formula is C24H32N6O2S. The quantitative estimate of drug-likeness (QED) is 0.538. The molecule has 3 aromatic rings. The van der Waals surface area contributed by atoms with Crippen molar-refractivity contribution in [2.75, 3.05) is 57.4 Å². The lowest BCUT2D eigenvalue weighted by atomic mass is 9.97. The highest BCUT2D eigenvalue weighted by Gasteiger charge is 2.27. The molecule has 2 aromatic heterocycles. The summed E-state index contributed by atoms with van der Waals surface area (Å²) in [6, 6.07) is 8.39. The predicted molar refractivity (Wildman–Crippen MR) is 131 cm³/mol. The van der Waals surface area contributed by atoms with Gasteiger partial charge in [-0.15, -0.1) is 5.10 Å². The monoisotopic (exact) mass is 468 g/mol. The van der Waals surface area contributed by atoms with Crippen molar-refractivity contribution in [2.45, 2.75) is 26.2 Å². The first-order valence-electron chi connectivity index (χ1n) is 11.9. The van der Waals surface area contributed by atoms with Gasteiger partial charge in [0.25, 0.3) is 0 Å². The number of rotatable bonds is 7. The van der Waals surface area contributed by atoms with Crippen molar-refractivity contribution in [3.8, 4) is 11.3 Å². The Kier molecular flexibility index (Phi) is 6.89. The van der Waals surface area contributed by atoms with Crippen molar-refractivity contribution < 1.29 is 9.53 Å². The highest BCUT2D eigenvalue weighted by Crippen LogP contribution is 2.29. The lowest BCUT2D eigenvalue weighted by Gasteiger charge is -2.31. The molecule has 0 spiro atoms. The van der Waals surface area contributed by atoms with Crippen LogP contribution in [0.15, 0.2) is 30.5 Å². The van der Waals surface area contributed by atoms with Crippen LogP contribution in [-0.2, 0) is 9.53 Å². The number of fused-ring (bicyclic) bond motifs is 1. The van der Waals surface area contributed by atoms with Crippen LogP contribution in [0.4, 0.5) is 5.13 Å². The van der Waals surface area contributed by atoms with E-state index in [4.69, 9.17) is 14.8 Å². The molecule has 8 nitrogen and oxygen atoms in total. The molecule has 2 fully saturated rings. The summed E-state index contributed by atoms with van der Waals surface area (Å²) in [7, 11) is 0. The molecule has 2 aliphatic heterocycles. The van der Waals surface area contributed by atoms with Crippen LogP contribution in [0.25, 0.3) is 16.2 Å². The van der Waals surface area contributed by atoms with E-state index in [0.717, 1.165) is 93.1 Å². The number of anilines is 1. The van der Waals surface area contributed by atoms with Gasteiger partial charge in [0, 0.05) is 38.3 Å². The Morgan fingerprint density at radius 1 is 1.21 bits per heavy atom. The van der Waals surface area contributed by atoms with Gasteiger partial charge in [0.2, 0.25) is 16.0 Å². The summed E-state index contributed by atoms with van der Waals surface area (Å²) in [6.45, 7) is 9.12.